The van der Waals surface area contributed by atoms with Crippen molar-refractivity contribution in [2.24, 2.45) is 5.73 Å². The van der Waals surface area contributed by atoms with Crippen molar-refractivity contribution in [3.8, 4) is 0 Å². The number of thioether (sulfide) groups is 1. The first kappa shape index (κ1) is 17.2. The maximum absolute atomic E-state index is 11.8. The molecule has 0 saturated heterocycles. The summed E-state index contributed by atoms with van der Waals surface area (Å²) in [4.78, 5) is 14.1. The molecule has 1 amide bonds. The molecule has 0 spiro atoms. The largest absolute Gasteiger partial charge is 0.376 e. The van der Waals surface area contributed by atoms with Crippen LogP contribution in [0.2, 0.25) is 0 Å². The molecule has 1 aromatic heterocycles. The van der Waals surface area contributed by atoms with Gasteiger partial charge in [-0.3, -0.25) is 4.79 Å². The molecular weight excluding hydrogens is 362 g/mol. The monoisotopic (exact) mass is 379 g/mol. The Bertz CT molecular complexity index is 772. The van der Waals surface area contributed by atoms with Crippen LogP contribution < -0.4 is 16.4 Å². The third-order valence-electron chi connectivity index (χ3n) is 3.64. The summed E-state index contributed by atoms with van der Waals surface area (Å²) < 4.78 is 5.45. The molecule has 3 rings (SSSR count). The molecular formula is C16H17N3O2S3. The van der Waals surface area contributed by atoms with Gasteiger partial charge in [0.05, 0.1) is 18.8 Å². The fraction of sp³-hybridized carbons (Fsp3) is 0.250. The lowest BCUT2D eigenvalue weighted by atomic mass is 10.1. The quantitative estimate of drug-likeness (QED) is 0.558. The van der Waals surface area contributed by atoms with Gasteiger partial charge in [-0.2, -0.15) is 0 Å². The van der Waals surface area contributed by atoms with Gasteiger partial charge < -0.3 is 21.1 Å². The van der Waals surface area contributed by atoms with Crippen LogP contribution in [0.25, 0.3) is 0 Å². The smallest absolute Gasteiger partial charge is 0.251 e. The summed E-state index contributed by atoms with van der Waals surface area (Å²) in [7, 11) is 0. The van der Waals surface area contributed by atoms with E-state index < -0.39 is 5.91 Å². The molecule has 24 heavy (non-hydrogen) atoms. The van der Waals surface area contributed by atoms with Gasteiger partial charge in [0.2, 0.25) is 0 Å². The van der Waals surface area contributed by atoms with E-state index in [1.54, 1.807) is 11.8 Å². The molecule has 0 radical (unpaired) electrons. The van der Waals surface area contributed by atoms with Crippen molar-refractivity contribution in [1.29, 1.82) is 0 Å². The summed E-state index contributed by atoms with van der Waals surface area (Å²) in [6.45, 7) is 1.12. The van der Waals surface area contributed by atoms with Crippen molar-refractivity contribution in [2.75, 3.05) is 23.5 Å². The van der Waals surface area contributed by atoms with Crippen LogP contribution in [-0.4, -0.2) is 23.9 Å². The van der Waals surface area contributed by atoms with E-state index in [1.807, 2.05) is 30.5 Å². The van der Waals surface area contributed by atoms with Crippen molar-refractivity contribution >= 4 is 57.0 Å². The van der Waals surface area contributed by atoms with E-state index in [9.17, 15) is 4.79 Å². The summed E-state index contributed by atoms with van der Waals surface area (Å²) in [6.07, 6.45) is 2.73. The van der Waals surface area contributed by atoms with Crippen LogP contribution in [0.3, 0.4) is 0 Å². The molecule has 0 aliphatic carbocycles. The minimum atomic E-state index is -0.441. The molecule has 8 heteroatoms. The van der Waals surface area contributed by atoms with Crippen LogP contribution in [0, 0.1) is 0 Å². The highest BCUT2D eigenvalue weighted by Crippen LogP contribution is 2.36. The van der Waals surface area contributed by atoms with Crippen LogP contribution in [0.5, 0.6) is 0 Å². The summed E-state index contributed by atoms with van der Waals surface area (Å²) in [6, 6.07) is 7.96. The molecule has 5 nitrogen and oxygen atoms in total. The maximum Gasteiger partial charge on any atom is 0.251 e. The van der Waals surface area contributed by atoms with E-state index in [0.29, 0.717) is 35.3 Å². The van der Waals surface area contributed by atoms with Gasteiger partial charge in [-0.1, -0.05) is 0 Å². The summed E-state index contributed by atoms with van der Waals surface area (Å²) in [5, 5.41) is 7.33. The minimum absolute atomic E-state index is 0.425. The average molecular weight is 380 g/mol. The molecule has 1 aliphatic heterocycles. The number of hydrogen-bond donors (Lipinski definition) is 3. The Morgan fingerprint density at radius 1 is 1.33 bits per heavy atom. The fourth-order valence-corrected chi connectivity index (χ4v) is 4.41. The van der Waals surface area contributed by atoms with E-state index in [4.69, 9.17) is 22.7 Å². The predicted octanol–water partition coefficient (Wildman–Crippen LogP) is 3.45. The van der Waals surface area contributed by atoms with Crippen LogP contribution in [0.4, 0.5) is 10.7 Å². The zero-order chi connectivity index (χ0) is 17.1. The molecule has 0 bridgehead atoms. The number of amides is 1. The van der Waals surface area contributed by atoms with E-state index in [-0.39, 0.29) is 0 Å². The van der Waals surface area contributed by atoms with Gasteiger partial charge in [0, 0.05) is 15.5 Å². The Morgan fingerprint density at radius 3 is 2.75 bits per heavy atom. The Morgan fingerprint density at radius 2 is 2.08 bits per heavy atom. The number of hydrogen-bond acceptors (Lipinski definition) is 5. The van der Waals surface area contributed by atoms with Crippen molar-refractivity contribution in [3.05, 3.63) is 40.3 Å². The van der Waals surface area contributed by atoms with Gasteiger partial charge in [0.25, 0.3) is 5.91 Å². The van der Waals surface area contributed by atoms with E-state index in [2.05, 4.69) is 10.6 Å². The van der Waals surface area contributed by atoms with Crippen molar-refractivity contribution in [1.82, 2.24) is 0 Å². The number of thiophene rings is 1. The second-order valence-corrected chi connectivity index (χ2v) is 7.58. The van der Waals surface area contributed by atoms with Crippen molar-refractivity contribution in [2.45, 2.75) is 17.9 Å². The minimum Gasteiger partial charge on any atom is -0.376 e. The first-order valence-electron chi connectivity index (χ1n) is 7.32. The SMILES string of the molecule is CSc1ccc(NC(=S)Nc2sc3c(c2C(N)=O)CCOC3)cc1. The lowest BCUT2D eigenvalue weighted by Crippen LogP contribution is -2.22. The number of nitrogens with two attached hydrogens (primary N) is 1. The lowest BCUT2D eigenvalue weighted by Gasteiger charge is -2.12. The highest BCUT2D eigenvalue weighted by Gasteiger charge is 2.24. The van der Waals surface area contributed by atoms with Crippen LogP contribution >= 0.6 is 35.3 Å². The summed E-state index contributed by atoms with van der Waals surface area (Å²) in [5.74, 6) is -0.441. The third kappa shape index (κ3) is 3.72. The molecule has 2 aromatic rings. The summed E-state index contributed by atoms with van der Waals surface area (Å²) in [5.41, 5.74) is 7.96. The van der Waals surface area contributed by atoms with E-state index >= 15 is 0 Å². The number of primary amides is 1. The fourth-order valence-electron chi connectivity index (χ4n) is 2.52. The Balaban J connectivity index is 1.76. The number of thiocarbonyl (C=S) groups is 1. The molecule has 2 heterocycles. The Kier molecular flexibility index (Phi) is 5.40. The molecule has 0 fully saturated rings. The topological polar surface area (TPSA) is 76.4 Å². The number of carbonyl (C=O) groups is 1. The van der Waals surface area contributed by atoms with Gasteiger partial charge in [0.1, 0.15) is 5.00 Å². The average Bonchev–Trinajstić information content (AvgIpc) is 2.93. The van der Waals surface area contributed by atoms with Gasteiger partial charge in [-0.25, -0.2) is 0 Å². The summed E-state index contributed by atoms with van der Waals surface area (Å²) >= 11 is 8.51. The molecule has 0 atom stereocenters. The second-order valence-electron chi connectivity index (χ2n) is 5.18. The maximum atomic E-state index is 11.8. The molecule has 1 aromatic carbocycles. The molecule has 126 valence electrons. The number of rotatable bonds is 4. The zero-order valence-corrected chi connectivity index (χ0v) is 15.5. The zero-order valence-electron chi connectivity index (χ0n) is 13.0. The first-order valence-corrected chi connectivity index (χ1v) is 9.77. The normalized spacial score (nSPS) is 13.2. The van der Waals surface area contributed by atoms with Gasteiger partial charge in [-0.05, 0) is 54.7 Å². The number of anilines is 2. The number of ether oxygens (including phenoxy) is 1. The molecule has 0 saturated carbocycles. The first-order chi connectivity index (χ1) is 11.6. The number of carbonyl (C=O) groups excluding carboxylic acids is 1. The van der Waals surface area contributed by atoms with Gasteiger partial charge in [-0.15, -0.1) is 23.1 Å². The van der Waals surface area contributed by atoms with Crippen LogP contribution in [0.15, 0.2) is 29.2 Å². The van der Waals surface area contributed by atoms with Crippen LogP contribution in [-0.2, 0) is 17.8 Å². The predicted molar refractivity (Wildman–Crippen MR) is 104 cm³/mol. The Labute approximate surface area is 154 Å². The van der Waals surface area contributed by atoms with Gasteiger partial charge in [0.15, 0.2) is 5.11 Å². The highest BCUT2D eigenvalue weighted by atomic mass is 32.2. The van der Waals surface area contributed by atoms with E-state index in [0.717, 1.165) is 16.1 Å². The highest BCUT2D eigenvalue weighted by molar-refractivity contribution is 7.98. The lowest BCUT2D eigenvalue weighted by molar-refractivity contribution is 0.0991. The number of nitrogens with one attached hydrogen (secondary N) is 2. The standard InChI is InChI=1S/C16H17N3O2S3/c1-23-10-4-2-9(3-5-10)18-16(22)19-15-13(14(17)20)11-6-7-21-8-12(11)24-15/h2-5H,6-8H2,1H3,(H2,17,20)(H2,18,19,22). The molecule has 4 N–H and O–H groups in total. The molecule has 1 aliphatic rings. The third-order valence-corrected chi connectivity index (χ3v) is 5.71. The second kappa shape index (κ2) is 7.52. The Hall–Kier alpha value is -1.61. The van der Waals surface area contributed by atoms with Crippen molar-refractivity contribution < 1.29 is 9.53 Å². The van der Waals surface area contributed by atoms with Crippen LogP contribution in [0.1, 0.15) is 20.8 Å². The van der Waals surface area contributed by atoms with E-state index in [1.165, 1.54) is 16.2 Å². The number of fused-ring (bicyclic) bond motifs is 1. The number of benzene rings is 1. The van der Waals surface area contributed by atoms with Crippen molar-refractivity contribution in [3.63, 3.8) is 0 Å². The van der Waals surface area contributed by atoms with Gasteiger partial charge >= 0.3 is 0 Å². The molecule has 0 unspecified atom stereocenters.